The number of ether oxygens (including phenoxy) is 14. The van der Waals surface area contributed by atoms with E-state index in [9.17, 15) is 65.2 Å². The third-order valence-electron chi connectivity index (χ3n) is 24.2. The average Bonchev–Trinajstić information content (AvgIpc) is 0.765. The van der Waals surface area contributed by atoms with Gasteiger partial charge in [-0.25, -0.2) is 0 Å². The molecule has 29 heteroatoms. The van der Waals surface area contributed by atoms with Crippen LogP contribution in [0.15, 0.2) is 0 Å². The van der Waals surface area contributed by atoms with Crippen LogP contribution in [0.25, 0.3) is 0 Å². The lowest BCUT2D eigenvalue weighted by atomic mass is 9.73. The molecule has 6 aliphatic rings. The highest BCUT2D eigenvalue weighted by Crippen LogP contribution is 2.46. The Kier molecular flexibility index (Phi) is 29.3. The zero-order chi connectivity index (χ0) is 85.3. The standard InChI is InChI=1S/C38H69NO14.C38H69NO13/c1-15-26-38(10,45)31(42)21(4)28(40)19(2)17-37(9,48-14)33(53-35-29(41)25(39(11,12)46)16-20(3)49-35)22(5)30(23(6)34(44)51-26)52-27-18-36(8,47-13)32(43)24(7)50-27;1-15-26-38(10,45)31(42)21(4)28(40)19(2)17-37(9,47-14)33(52-35-29(41)25(39(11)12)16-20(3)48-35)22(5)30(23(6)34(44)50-26)51-27-18-36(8,46-13)32(43)24(7)49-27/h19-27,29-33,35,41-43,45H,15-18H2,1-14H3;19-27,29-33,35,41-43,45H,15-18H2,1-14H3/t2*19-,20-,21+,22+,23-,24+,25+,26-,27+,29-,30+,31-,32+,33-,35+,36-,37-,38-/m11/s1/i2*14D3. The minimum atomic E-state index is -3.08. The smallest absolute Gasteiger partial charge is 0.311 e. The van der Waals surface area contributed by atoms with Crippen LogP contribution in [-0.4, -0.2) is 299 Å². The van der Waals surface area contributed by atoms with Gasteiger partial charge < -0.3 is 122 Å². The van der Waals surface area contributed by atoms with Gasteiger partial charge in [-0.3, -0.25) is 19.2 Å². The van der Waals surface area contributed by atoms with Crippen LogP contribution in [0.1, 0.15) is 198 Å². The molecule has 6 heterocycles. The van der Waals surface area contributed by atoms with Crippen molar-refractivity contribution in [3.05, 3.63) is 5.21 Å². The largest absolute Gasteiger partial charge is 0.633 e. The Morgan fingerprint density at radius 1 is 0.505 bits per heavy atom. The molecule has 6 fully saturated rings. The van der Waals surface area contributed by atoms with Crippen LogP contribution in [0, 0.1) is 52.6 Å². The summed E-state index contributed by atoms with van der Waals surface area (Å²) in [5.41, 5.74) is -10.2. The van der Waals surface area contributed by atoms with Crippen LogP contribution in [0.3, 0.4) is 0 Å². The second-order valence-corrected chi connectivity index (χ2v) is 33.5. The third kappa shape index (κ3) is 20.8. The van der Waals surface area contributed by atoms with Crippen molar-refractivity contribution in [1.29, 1.82) is 0 Å². The minimum Gasteiger partial charge on any atom is -0.633 e. The van der Waals surface area contributed by atoms with Gasteiger partial charge in [0.2, 0.25) is 0 Å². The van der Waals surface area contributed by atoms with Gasteiger partial charge in [0.1, 0.15) is 59.3 Å². The highest BCUT2D eigenvalue weighted by molar-refractivity contribution is 5.84. The Labute approximate surface area is 633 Å². The lowest BCUT2D eigenvalue weighted by molar-refractivity contribution is -0.874. The number of nitrogens with zero attached hydrogens (tertiary/aromatic N) is 2. The number of Topliss-reactive ketones (excluding diaryl/α,β-unsaturated/α-hetero) is 2. The number of aliphatic hydroxyl groups excluding tert-OH is 6. The molecular weight excluding hydrogens is 1370 g/mol. The van der Waals surface area contributed by atoms with Gasteiger partial charge in [0, 0.05) is 89.1 Å². The molecule has 6 rings (SSSR count). The Morgan fingerprint density at radius 3 is 1.18 bits per heavy atom. The van der Waals surface area contributed by atoms with Crippen molar-refractivity contribution in [3.63, 3.8) is 0 Å². The number of rotatable bonds is 16. The van der Waals surface area contributed by atoms with E-state index in [2.05, 4.69) is 0 Å². The molecule has 0 aromatic heterocycles. The first-order chi connectivity index (χ1) is 50.6. The molecule has 614 valence electrons. The fraction of sp³-hybridized carbons (Fsp3) is 0.947. The Bertz CT molecular complexity index is 3010. The number of hydroxylamine groups is 3. The van der Waals surface area contributed by atoms with E-state index in [1.165, 1.54) is 76.8 Å². The molecule has 0 spiro atoms. The van der Waals surface area contributed by atoms with Gasteiger partial charge in [-0.1, -0.05) is 55.4 Å². The van der Waals surface area contributed by atoms with Crippen molar-refractivity contribution in [1.82, 2.24) is 4.90 Å². The molecule has 0 bridgehead atoms. The van der Waals surface area contributed by atoms with Crippen LogP contribution < -0.4 is 0 Å². The van der Waals surface area contributed by atoms with E-state index >= 15 is 0 Å². The number of hydrogen-bond acceptors (Lipinski definition) is 28. The SMILES string of the molecule is [2H]C([2H])([2H])O[C@]1(C)C[C@@H](C)C(=O)[C@H](C)[C@@H](O)[C@](C)(O)[C@@H](CC)OC(=O)[C@H](C)[C@@H](O[C@H]2C[C@@](C)(OC)[C@@H](O)[C@H](C)O2)[C@H](C)[C@H]1O[C@@H]1O[C@H](C)C[C@H](N(C)C)[C@H]1O.[2H]C([2H])([2H])O[C@]1(C)C[C@@H](C)C(=O)[C@H](C)[C@@H](O)[C@](C)(O)[C@@H](CC)OC(=O)[C@H](C)[C@@H](O[C@H]2C[C@@](C)(OC)[C@@H](O)[C@H](C)O2)[C@H](C)[C@H]1O[C@@H]1O[C@H](C)C[C@H]([N+](C)(C)[O-])[C@H]1O. The number of methoxy groups -OCH3 is 4. The van der Waals surface area contributed by atoms with E-state index in [1.54, 1.807) is 83.1 Å². The number of carbonyl (C=O) groups excluding carboxylic acids is 4. The summed E-state index contributed by atoms with van der Waals surface area (Å²) in [6.45, 7) is 31.4. The second-order valence-electron chi connectivity index (χ2n) is 33.5. The Hall–Kier alpha value is -2.64. The molecule has 0 saturated carbocycles. The number of esters is 2. The summed E-state index contributed by atoms with van der Waals surface area (Å²) in [6, 6.07) is -1.32. The molecule has 6 aliphatic heterocycles. The van der Waals surface area contributed by atoms with Crippen LogP contribution in [0.4, 0.5) is 0 Å². The van der Waals surface area contributed by atoms with Crippen LogP contribution in [0.5, 0.6) is 0 Å². The summed E-state index contributed by atoms with van der Waals surface area (Å²) in [4.78, 5) is 58.5. The number of likely N-dealkylation sites (N-methyl/N-ethyl adjacent to an activating group) is 2. The molecule has 6 saturated heterocycles. The fourth-order valence-electron chi connectivity index (χ4n) is 17.1. The van der Waals surface area contributed by atoms with E-state index in [-0.39, 0.29) is 51.0 Å². The summed E-state index contributed by atoms with van der Waals surface area (Å²) in [5, 5.41) is 105. The molecule has 0 aromatic rings. The predicted molar refractivity (Wildman–Crippen MR) is 384 cm³/mol. The molecule has 8 N–H and O–H groups in total. The zero-order valence-electron chi connectivity index (χ0n) is 73.2. The second kappa shape index (κ2) is 36.9. The van der Waals surface area contributed by atoms with Crippen molar-refractivity contribution in [2.45, 2.75) is 358 Å². The van der Waals surface area contributed by atoms with E-state index < -0.39 is 252 Å². The molecular formula is C76H138N2O27. The van der Waals surface area contributed by atoms with Gasteiger partial charge >= 0.3 is 11.9 Å². The number of quaternary nitrogens is 1. The average molecular weight is 1520 g/mol. The molecule has 0 amide bonds. The van der Waals surface area contributed by atoms with E-state index in [1.807, 2.05) is 25.9 Å². The predicted octanol–water partition coefficient (Wildman–Crippen LogP) is 4.89. The monoisotopic (exact) mass is 1520 g/mol. The summed E-state index contributed by atoms with van der Waals surface area (Å²) in [6.07, 6.45) is -23.3. The number of ketones is 2. The van der Waals surface area contributed by atoms with Crippen LogP contribution >= 0.6 is 0 Å². The summed E-state index contributed by atoms with van der Waals surface area (Å²) in [7, 11) is 3.16. The zero-order valence-corrected chi connectivity index (χ0v) is 67.2. The van der Waals surface area contributed by atoms with Crippen molar-refractivity contribution >= 4 is 23.5 Å². The Morgan fingerprint density at radius 2 is 0.857 bits per heavy atom. The lowest BCUT2D eigenvalue weighted by Gasteiger charge is -2.51. The van der Waals surface area contributed by atoms with E-state index in [0.717, 1.165) is 0 Å². The van der Waals surface area contributed by atoms with Crippen molar-refractivity contribution < 1.29 is 139 Å². The van der Waals surface area contributed by atoms with Crippen LogP contribution in [-0.2, 0) is 85.5 Å². The molecule has 105 heavy (non-hydrogen) atoms. The normalized spacial score (nSPS) is 49.9. The lowest BCUT2D eigenvalue weighted by Crippen LogP contribution is -2.63. The van der Waals surface area contributed by atoms with Gasteiger partial charge in [0.15, 0.2) is 31.3 Å². The molecule has 36 atom stereocenters. The van der Waals surface area contributed by atoms with Gasteiger partial charge in [-0.05, 0) is 129 Å². The van der Waals surface area contributed by atoms with Crippen molar-refractivity contribution in [3.8, 4) is 0 Å². The number of carbonyl (C=O) groups is 4. The van der Waals surface area contributed by atoms with Gasteiger partial charge in [-0.2, -0.15) is 0 Å². The first kappa shape index (κ1) is 83.3. The topological polar surface area (TPSA) is 386 Å². The van der Waals surface area contributed by atoms with Gasteiger partial charge in [0.05, 0.1) is 118 Å². The van der Waals surface area contributed by atoms with Gasteiger partial charge in [0.25, 0.3) is 0 Å². The first-order valence-electron chi connectivity index (χ1n) is 40.5. The first-order valence-corrected chi connectivity index (χ1v) is 37.5. The van der Waals surface area contributed by atoms with E-state index in [0.29, 0.717) is 6.42 Å². The number of aliphatic hydroxyl groups is 8. The van der Waals surface area contributed by atoms with Crippen molar-refractivity contribution in [2.24, 2.45) is 47.3 Å². The maximum Gasteiger partial charge on any atom is 0.311 e. The van der Waals surface area contributed by atoms with Crippen molar-refractivity contribution in [2.75, 3.05) is 56.5 Å². The Balaban J connectivity index is 0.000000397. The molecule has 0 aromatic carbocycles. The number of cyclic esters (lactones) is 2. The molecule has 0 radical (unpaired) electrons. The maximum atomic E-state index is 14.2. The molecule has 29 nitrogen and oxygen atoms in total. The number of hydrogen-bond donors (Lipinski definition) is 8. The fourth-order valence-corrected chi connectivity index (χ4v) is 17.1. The minimum absolute atomic E-state index is 0.00336. The summed E-state index contributed by atoms with van der Waals surface area (Å²) < 4.78 is 135. The quantitative estimate of drug-likeness (QED) is 0.0579. The van der Waals surface area contributed by atoms with Gasteiger partial charge in [-0.15, -0.1) is 0 Å². The highest BCUT2D eigenvalue weighted by Gasteiger charge is 2.58. The highest BCUT2D eigenvalue weighted by atomic mass is 16.7. The maximum absolute atomic E-state index is 14.2. The van der Waals surface area contributed by atoms with E-state index in [4.69, 9.17) is 74.5 Å². The third-order valence-corrected chi connectivity index (χ3v) is 24.2. The summed E-state index contributed by atoms with van der Waals surface area (Å²) in [5.74, 6) is -11.5. The molecule has 0 aliphatic carbocycles. The molecule has 0 unspecified atom stereocenters. The summed E-state index contributed by atoms with van der Waals surface area (Å²) >= 11 is 0. The van der Waals surface area contributed by atoms with Crippen LogP contribution in [0.2, 0.25) is 0 Å².